The van der Waals surface area contributed by atoms with Crippen LogP contribution < -0.4 is 20.7 Å². The number of amides is 1. The molecule has 10 heteroatoms. The predicted octanol–water partition coefficient (Wildman–Crippen LogP) is 0.0404. The molecule has 0 aliphatic carbocycles. The van der Waals surface area contributed by atoms with Crippen molar-refractivity contribution in [1.29, 1.82) is 0 Å². The second-order valence-electron chi connectivity index (χ2n) is 7.31. The number of hydrogen-bond acceptors (Lipinski definition) is 6. The van der Waals surface area contributed by atoms with Crippen molar-refractivity contribution < 1.29 is 22.7 Å². The number of carbonyl (C=O) groups excluding carboxylic acids is 2. The van der Waals surface area contributed by atoms with Gasteiger partial charge in [-0.05, 0) is 30.7 Å². The third kappa shape index (κ3) is 8.61. The van der Waals surface area contributed by atoms with E-state index in [1.54, 1.807) is 13.8 Å². The van der Waals surface area contributed by atoms with Crippen LogP contribution in [0.4, 0.5) is 0 Å². The van der Waals surface area contributed by atoms with Crippen molar-refractivity contribution in [3.8, 4) is 0 Å². The van der Waals surface area contributed by atoms with Crippen LogP contribution in [0, 0.1) is 17.3 Å². The number of methoxy groups -OCH3 is 1. The molecule has 0 aliphatic rings. The van der Waals surface area contributed by atoms with E-state index in [-0.39, 0.29) is 11.3 Å². The van der Waals surface area contributed by atoms with E-state index in [4.69, 9.17) is 5.73 Å². The van der Waals surface area contributed by atoms with Crippen LogP contribution in [0.25, 0.3) is 0 Å². The summed E-state index contributed by atoms with van der Waals surface area (Å²) in [7, 11) is -2.96. The van der Waals surface area contributed by atoms with Crippen LogP contribution in [0.2, 0.25) is 0 Å². The first-order valence-corrected chi connectivity index (χ1v) is 9.70. The second-order valence-corrected chi connectivity index (χ2v) is 8.75. The van der Waals surface area contributed by atoms with Gasteiger partial charge in [-0.2, -0.15) is 13.1 Å². The minimum absolute atomic E-state index is 0.327. The van der Waals surface area contributed by atoms with Crippen LogP contribution in [0.3, 0.4) is 0 Å². The summed E-state index contributed by atoms with van der Waals surface area (Å²) in [5.74, 6) is -1.90. The Labute approximate surface area is 150 Å². The Morgan fingerprint density at radius 3 is 2.16 bits per heavy atom. The largest absolute Gasteiger partial charge is 0.468 e. The maximum Gasteiger partial charge on any atom is 0.324 e. The van der Waals surface area contributed by atoms with Gasteiger partial charge < -0.3 is 10.5 Å². The Hall–Kier alpha value is -1.23. The monoisotopic (exact) mass is 380 g/mol. The lowest BCUT2D eigenvalue weighted by molar-refractivity contribution is -0.143. The molecule has 0 saturated heterocycles. The van der Waals surface area contributed by atoms with Crippen LogP contribution in [0.5, 0.6) is 0 Å². The molecule has 0 fully saturated rings. The summed E-state index contributed by atoms with van der Waals surface area (Å²) in [6.45, 7) is 9.48. The quantitative estimate of drug-likeness (QED) is 0.312. The van der Waals surface area contributed by atoms with E-state index in [0.717, 1.165) is 0 Å². The Kier molecular flexibility index (Phi) is 9.55. The molecular formula is C15H32N4O5S. The fourth-order valence-electron chi connectivity index (χ4n) is 2.26. The molecule has 0 rings (SSSR count). The van der Waals surface area contributed by atoms with E-state index in [2.05, 4.69) is 14.9 Å². The zero-order valence-electron chi connectivity index (χ0n) is 15.9. The summed E-state index contributed by atoms with van der Waals surface area (Å²) in [4.78, 5) is 26.0. The third-order valence-electron chi connectivity index (χ3n) is 3.77. The van der Waals surface area contributed by atoms with Gasteiger partial charge in [0.1, 0.15) is 6.04 Å². The number of hydrazine groups is 1. The molecule has 0 spiro atoms. The number of rotatable bonds is 10. The van der Waals surface area contributed by atoms with Gasteiger partial charge in [0, 0.05) is 5.92 Å². The van der Waals surface area contributed by atoms with Gasteiger partial charge in [0.05, 0.1) is 7.11 Å². The highest BCUT2D eigenvalue weighted by Crippen LogP contribution is 2.29. The topological polar surface area (TPSA) is 140 Å². The third-order valence-corrected chi connectivity index (χ3v) is 4.71. The molecular weight excluding hydrogens is 348 g/mol. The lowest BCUT2D eigenvalue weighted by Gasteiger charge is -2.29. The molecule has 0 aromatic carbocycles. The van der Waals surface area contributed by atoms with Crippen LogP contribution in [-0.2, 0) is 24.5 Å². The van der Waals surface area contributed by atoms with Gasteiger partial charge in [0.15, 0.2) is 0 Å². The van der Waals surface area contributed by atoms with Crippen molar-refractivity contribution in [2.75, 3.05) is 13.7 Å². The molecule has 0 aromatic heterocycles. The van der Waals surface area contributed by atoms with Crippen molar-refractivity contribution in [3.63, 3.8) is 0 Å². The van der Waals surface area contributed by atoms with E-state index in [1.165, 1.54) is 7.11 Å². The second kappa shape index (κ2) is 10.0. The highest BCUT2D eigenvalue weighted by molar-refractivity contribution is 7.87. The number of nitrogens with two attached hydrogens (primary N) is 1. The number of esters is 1. The number of carbonyl (C=O) groups is 2. The SMILES string of the molecule is COC(=O)[C@@H](NS(=O)(=O)NNC(=O)C(CCCN)C(C)(C)C)C(C)C. The van der Waals surface area contributed by atoms with Crippen molar-refractivity contribution in [3.05, 3.63) is 0 Å². The molecule has 9 nitrogen and oxygen atoms in total. The fraction of sp³-hybridized carbons (Fsp3) is 0.867. The van der Waals surface area contributed by atoms with Gasteiger partial charge in [-0.1, -0.05) is 34.6 Å². The van der Waals surface area contributed by atoms with Gasteiger partial charge >= 0.3 is 5.97 Å². The number of ether oxygens (including phenoxy) is 1. The van der Waals surface area contributed by atoms with Crippen LogP contribution in [0.1, 0.15) is 47.5 Å². The van der Waals surface area contributed by atoms with Crippen molar-refractivity contribution in [1.82, 2.24) is 15.0 Å². The average molecular weight is 381 g/mol. The fourth-order valence-corrected chi connectivity index (χ4v) is 3.26. The maximum absolute atomic E-state index is 12.4. The molecule has 0 aromatic rings. The molecule has 148 valence electrons. The molecule has 2 atom stereocenters. The molecule has 0 heterocycles. The van der Waals surface area contributed by atoms with Gasteiger partial charge in [-0.15, -0.1) is 4.83 Å². The Bertz CT molecular complexity index is 543. The van der Waals surface area contributed by atoms with E-state index in [0.29, 0.717) is 19.4 Å². The Morgan fingerprint density at radius 1 is 1.20 bits per heavy atom. The molecule has 0 saturated carbocycles. The van der Waals surface area contributed by atoms with Crippen molar-refractivity contribution in [2.24, 2.45) is 23.0 Å². The van der Waals surface area contributed by atoms with Gasteiger partial charge in [-0.25, -0.2) is 0 Å². The van der Waals surface area contributed by atoms with Gasteiger partial charge in [0.2, 0.25) is 5.91 Å². The Balaban J connectivity index is 4.95. The molecule has 0 radical (unpaired) electrons. The van der Waals surface area contributed by atoms with E-state index in [9.17, 15) is 18.0 Å². The molecule has 1 unspecified atom stereocenters. The molecule has 0 bridgehead atoms. The first-order chi connectivity index (χ1) is 11.4. The van der Waals surface area contributed by atoms with Crippen LogP contribution >= 0.6 is 0 Å². The van der Waals surface area contributed by atoms with Crippen molar-refractivity contribution in [2.45, 2.75) is 53.5 Å². The van der Waals surface area contributed by atoms with Crippen LogP contribution in [-0.4, -0.2) is 40.0 Å². The zero-order chi connectivity index (χ0) is 19.8. The summed E-state index contributed by atoms with van der Waals surface area (Å²) in [6.07, 6.45) is 1.19. The van der Waals surface area contributed by atoms with E-state index in [1.807, 2.05) is 25.6 Å². The minimum Gasteiger partial charge on any atom is -0.468 e. The Morgan fingerprint density at radius 2 is 1.76 bits per heavy atom. The summed E-state index contributed by atoms with van der Waals surface area (Å²) in [5, 5.41) is 0. The average Bonchev–Trinajstić information content (AvgIpc) is 2.49. The lowest BCUT2D eigenvalue weighted by atomic mass is 9.77. The minimum atomic E-state index is -4.13. The molecule has 0 aliphatic heterocycles. The van der Waals surface area contributed by atoms with Crippen molar-refractivity contribution >= 4 is 22.1 Å². The summed E-state index contributed by atoms with van der Waals surface area (Å²) >= 11 is 0. The zero-order valence-corrected chi connectivity index (χ0v) is 16.7. The lowest BCUT2D eigenvalue weighted by Crippen LogP contribution is -2.55. The number of nitrogens with one attached hydrogen (secondary N) is 3. The van der Waals surface area contributed by atoms with E-state index < -0.39 is 34.0 Å². The molecule has 25 heavy (non-hydrogen) atoms. The smallest absolute Gasteiger partial charge is 0.324 e. The van der Waals surface area contributed by atoms with E-state index >= 15 is 0 Å². The summed E-state index contributed by atoms with van der Waals surface area (Å²) in [5.41, 5.74) is 7.34. The normalized spacial score (nSPS) is 14.9. The van der Waals surface area contributed by atoms with Gasteiger partial charge in [-0.3, -0.25) is 15.0 Å². The number of hydrogen-bond donors (Lipinski definition) is 4. The van der Waals surface area contributed by atoms with Gasteiger partial charge in [0.25, 0.3) is 10.2 Å². The first-order valence-electron chi connectivity index (χ1n) is 8.22. The predicted molar refractivity (Wildman–Crippen MR) is 95.2 cm³/mol. The molecule has 5 N–H and O–H groups in total. The highest BCUT2D eigenvalue weighted by Gasteiger charge is 2.32. The van der Waals surface area contributed by atoms with Crippen LogP contribution in [0.15, 0.2) is 0 Å². The summed E-state index contributed by atoms with van der Waals surface area (Å²) in [6, 6.07) is -1.06. The summed E-state index contributed by atoms with van der Waals surface area (Å²) < 4.78 is 30.9. The highest BCUT2D eigenvalue weighted by atomic mass is 32.2. The standard InChI is InChI=1S/C15H32N4O5S/c1-10(2)12(14(21)24-6)18-25(22,23)19-17-13(20)11(8-7-9-16)15(3,4)5/h10-12,18-19H,7-9,16H2,1-6H3,(H,17,20)/t11?,12-/m0/s1. The first kappa shape index (κ1) is 23.8. The maximum atomic E-state index is 12.4. The molecule has 1 amide bonds.